The van der Waals surface area contributed by atoms with Gasteiger partial charge in [0.15, 0.2) is 0 Å². The molecule has 0 aromatic carbocycles. The van der Waals surface area contributed by atoms with Crippen LogP contribution in [-0.4, -0.2) is 99.5 Å². The normalized spacial score (nSPS) is 31.4. The Balaban J connectivity index is 1.47. The van der Waals surface area contributed by atoms with E-state index in [-0.39, 0.29) is 30.5 Å². The number of likely N-dealkylation sites (tertiary alicyclic amines) is 1. The van der Waals surface area contributed by atoms with E-state index in [1.807, 2.05) is 0 Å². The molecule has 0 bridgehead atoms. The van der Waals surface area contributed by atoms with Gasteiger partial charge >= 0.3 is 6.09 Å². The van der Waals surface area contributed by atoms with Crippen LogP contribution < -0.4 is 0 Å². The number of aliphatic hydroxyl groups excluding tert-OH is 2. The number of hydrogen-bond acceptors (Lipinski definition) is 5. The molecular weight excluding hydrogens is 314 g/mol. The molecule has 1 aliphatic carbocycles. The number of piperidine rings is 1. The predicted molar refractivity (Wildman–Crippen MR) is 85.5 cm³/mol. The molecule has 2 saturated heterocycles. The Morgan fingerprint density at radius 3 is 2.54 bits per heavy atom. The summed E-state index contributed by atoms with van der Waals surface area (Å²) >= 11 is 0. The fourth-order valence-electron chi connectivity index (χ4n) is 3.97. The number of carboxylic acid groups (broad SMARTS) is 1. The molecule has 3 rings (SSSR count). The molecule has 2 amide bonds. The Morgan fingerprint density at radius 1 is 1.25 bits per heavy atom. The lowest BCUT2D eigenvalue weighted by molar-refractivity contribution is -0.141. The molecule has 8 nitrogen and oxygen atoms in total. The third-order valence-electron chi connectivity index (χ3n) is 5.85. The molecule has 0 aromatic rings. The Morgan fingerprint density at radius 2 is 1.96 bits per heavy atom. The molecule has 24 heavy (non-hydrogen) atoms. The summed E-state index contributed by atoms with van der Waals surface area (Å²) in [5.41, 5.74) is 0.139. The van der Waals surface area contributed by atoms with Gasteiger partial charge in [0, 0.05) is 32.7 Å². The quantitative estimate of drug-likeness (QED) is 0.631. The number of carbonyl (C=O) groups excluding carboxylic acids is 1. The maximum Gasteiger partial charge on any atom is 0.408 e. The topological polar surface area (TPSA) is 105 Å². The van der Waals surface area contributed by atoms with Gasteiger partial charge in [-0.2, -0.15) is 0 Å². The van der Waals surface area contributed by atoms with Crippen molar-refractivity contribution in [2.45, 2.75) is 44.4 Å². The monoisotopic (exact) mass is 341 g/mol. The first-order valence-electron chi connectivity index (χ1n) is 8.69. The lowest BCUT2D eigenvalue weighted by Gasteiger charge is -2.40. The van der Waals surface area contributed by atoms with E-state index in [1.54, 1.807) is 6.92 Å². The highest BCUT2D eigenvalue weighted by molar-refractivity contribution is 5.86. The smallest absolute Gasteiger partial charge is 0.408 e. The van der Waals surface area contributed by atoms with Crippen molar-refractivity contribution in [1.82, 2.24) is 14.7 Å². The highest BCUT2D eigenvalue weighted by atomic mass is 16.4. The van der Waals surface area contributed by atoms with Crippen molar-refractivity contribution in [1.29, 1.82) is 0 Å². The van der Waals surface area contributed by atoms with Crippen LogP contribution in [0.5, 0.6) is 0 Å². The molecule has 3 N–H and O–H groups in total. The van der Waals surface area contributed by atoms with Crippen molar-refractivity contribution in [2.75, 3.05) is 39.3 Å². The minimum Gasteiger partial charge on any atom is -0.465 e. The van der Waals surface area contributed by atoms with Crippen LogP contribution >= 0.6 is 0 Å². The zero-order valence-corrected chi connectivity index (χ0v) is 14.1. The van der Waals surface area contributed by atoms with E-state index in [1.165, 1.54) is 4.90 Å². The highest BCUT2D eigenvalue weighted by Gasteiger charge is 2.51. The van der Waals surface area contributed by atoms with Crippen molar-refractivity contribution in [3.63, 3.8) is 0 Å². The lowest BCUT2D eigenvalue weighted by Crippen LogP contribution is -2.59. The summed E-state index contributed by atoms with van der Waals surface area (Å²) in [5, 5.41) is 29.6. The van der Waals surface area contributed by atoms with Gasteiger partial charge in [0.2, 0.25) is 5.91 Å². The van der Waals surface area contributed by atoms with Gasteiger partial charge < -0.3 is 20.2 Å². The summed E-state index contributed by atoms with van der Waals surface area (Å²) in [7, 11) is 0. The average molecular weight is 341 g/mol. The number of hydrogen-bond donors (Lipinski definition) is 3. The van der Waals surface area contributed by atoms with Gasteiger partial charge in [-0.1, -0.05) is 0 Å². The highest BCUT2D eigenvalue weighted by Crippen LogP contribution is 2.53. The first kappa shape index (κ1) is 17.4. The van der Waals surface area contributed by atoms with Crippen molar-refractivity contribution in [2.24, 2.45) is 5.41 Å². The van der Waals surface area contributed by atoms with Crippen molar-refractivity contribution in [3.8, 4) is 0 Å². The maximum absolute atomic E-state index is 12.3. The van der Waals surface area contributed by atoms with E-state index in [4.69, 9.17) is 5.11 Å². The molecule has 136 valence electrons. The minimum absolute atomic E-state index is 0.139. The number of β-amino-alcohol motifs (C(OH)–C–C–N with tert-alkyl or cyclic N) is 2. The van der Waals surface area contributed by atoms with Crippen molar-refractivity contribution >= 4 is 12.0 Å². The Kier molecular flexibility index (Phi) is 4.72. The van der Waals surface area contributed by atoms with E-state index in [0.29, 0.717) is 19.6 Å². The molecule has 2 aliphatic heterocycles. The molecule has 3 atom stereocenters. The predicted octanol–water partition coefficient (Wildman–Crippen LogP) is -0.595. The number of aliphatic hydroxyl groups is 2. The third-order valence-corrected chi connectivity index (χ3v) is 5.85. The van der Waals surface area contributed by atoms with Crippen LogP contribution in [-0.2, 0) is 4.79 Å². The zero-order chi connectivity index (χ0) is 17.5. The average Bonchev–Trinajstić information content (AvgIpc) is 3.29. The summed E-state index contributed by atoms with van der Waals surface area (Å²) in [4.78, 5) is 28.1. The standard InChI is InChI=1S/C16H27N3O5/c1-11-14(22)18(6-7-19(11)15(23)24)9-12(20)8-17-5-4-16(2-3-16)13(21)10-17/h11-13,20-21H,2-10H2,1H3,(H,23,24). The van der Waals surface area contributed by atoms with E-state index in [0.717, 1.165) is 30.7 Å². The molecular formula is C16H27N3O5. The van der Waals surface area contributed by atoms with E-state index < -0.39 is 18.2 Å². The first-order chi connectivity index (χ1) is 11.3. The fourth-order valence-corrected chi connectivity index (χ4v) is 3.97. The number of nitrogens with zero attached hydrogens (tertiary/aromatic N) is 3. The van der Waals surface area contributed by atoms with Crippen LogP contribution in [0.25, 0.3) is 0 Å². The number of rotatable bonds is 4. The molecule has 0 aromatic heterocycles. The van der Waals surface area contributed by atoms with Gasteiger partial charge in [0.05, 0.1) is 12.2 Å². The second kappa shape index (κ2) is 6.50. The number of amides is 2. The van der Waals surface area contributed by atoms with Gasteiger partial charge in [-0.05, 0) is 38.1 Å². The van der Waals surface area contributed by atoms with Gasteiger partial charge in [-0.15, -0.1) is 0 Å². The van der Waals surface area contributed by atoms with Gasteiger partial charge in [0.25, 0.3) is 0 Å². The summed E-state index contributed by atoms with van der Waals surface area (Å²) in [6.07, 6.45) is 1.06. The molecule has 1 spiro atoms. The van der Waals surface area contributed by atoms with Crippen LogP contribution in [0.3, 0.4) is 0 Å². The second-order valence-electron chi connectivity index (χ2n) is 7.48. The number of carbonyl (C=O) groups is 2. The third kappa shape index (κ3) is 3.36. The van der Waals surface area contributed by atoms with Gasteiger partial charge in [-0.3, -0.25) is 14.6 Å². The van der Waals surface area contributed by atoms with Gasteiger partial charge in [-0.25, -0.2) is 4.79 Å². The van der Waals surface area contributed by atoms with Crippen LogP contribution in [0.15, 0.2) is 0 Å². The lowest BCUT2D eigenvalue weighted by atomic mass is 9.90. The summed E-state index contributed by atoms with van der Waals surface area (Å²) < 4.78 is 0. The summed E-state index contributed by atoms with van der Waals surface area (Å²) in [6, 6.07) is -0.713. The van der Waals surface area contributed by atoms with E-state index in [2.05, 4.69) is 4.90 Å². The molecule has 8 heteroatoms. The van der Waals surface area contributed by atoms with Crippen LogP contribution in [0.4, 0.5) is 4.79 Å². The largest absolute Gasteiger partial charge is 0.465 e. The van der Waals surface area contributed by atoms with Crippen molar-refractivity contribution < 1.29 is 24.9 Å². The van der Waals surface area contributed by atoms with E-state index >= 15 is 0 Å². The second-order valence-corrected chi connectivity index (χ2v) is 7.48. The van der Waals surface area contributed by atoms with Crippen LogP contribution in [0.1, 0.15) is 26.2 Å². The van der Waals surface area contributed by atoms with Crippen LogP contribution in [0.2, 0.25) is 0 Å². The Hall–Kier alpha value is -1.38. The van der Waals surface area contributed by atoms with Gasteiger partial charge in [0.1, 0.15) is 6.04 Å². The zero-order valence-electron chi connectivity index (χ0n) is 14.1. The summed E-state index contributed by atoms with van der Waals surface area (Å²) in [5.74, 6) is -0.265. The fraction of sp³-hybridized carbons (Fsp3) is 0.875. The molecule has 3 unspecified atom stereocenters. The Labute approximate surface area is 141 Å². The van der Waals surface area contributed by atoms with Crippen molar-refractivity contribution in [3.05, 3.63) is 0 Å². The van der Waals surface area contributed by atoms with Crippen LogP contribution in [0, 0.1) is 5.41 Å². The molecule has 2 heterocycles. The molecule has 3 aliphatic rings. The molecule has 1 saturated carbocycles. The molecule has 3 fully saturated rings. The SMILES string of the molecule is CC1C(=O)N(CC(O)CN2CCC3(CC3)C(O)C2)CCN1C(=O)O. The van der Waals surface area contributed by atoms with E-state index in [9.17, 15) is 19.8 Å². The first-order valence-corrected chi connectivity index (χ1v) is 8.69. The maximum atomic E-state index is 12.3. The minimum atomic E-state index is -1.09. The molecule has 0 radical (unpaired) electrons. The Bertz CT molecular complexity index is 510. The summed E-state index contributed by atoms with van der Waals surface area (Å²) in [6.45, 7) is 4.21. The number of piperazine rings is 1.